The van der Waals surface area contributed by atoms with Gasteiger partial charge in [-0.1, -0.05) is 61.9 Å². The van der Waals surface area contributed by atoms with Gasteiger partial charge in [0.05, 0.1) is 21.7 Å². The van der Waals surface area contributed by atoms with Crippen molar-refractivity contribution in [3.63, 3.8) is 0 Å². The van der Waals surface area contributed by atoms with Crippen LogP contribution >= 0.6 is 0 Å². The number of rotatable bonds is 9. The van der Waals surface area contributed by atoms with Crippen molar-refractivity contribution >= 4 is 19.7 Å². The molecule has 0 aliphatic carbocycles. The Bertz CT molecular complexity index is 1060. The number of hydrogen-bond donors (Lipinski definition) is 1. The van der Waals surface area contributed by atoms with Crippen LogP contribution in [0.1, 0.15) is 31.0 Å². The van der Waals surface area contributed by atoms with E-state index in [9.17, 15) is 16.8 Å². The van der Waals surface area contributed by atoms with E-state index in [-0.39, 0.29) is 22.4 Å². The first-order valence-corrected chi connectivity index (χ1v) is 14.1. The summed E-state index contributed by atoms with van der Waals surface area (Å²) in [4.78, 5) is 2.46. The molecule has 0 saturated carbocycles. The minimum atomic E-state index is -3.77. The zero-order valence-corrected chi connectivity index (χ0v) is 20.0. The van der Waals surface area contributed by atoms with Crippen LogP contribution in [0.15, 0.2) is 59.5 Å². The highest BCUT2D eigenvalue weighted by Crippen LogP contribution is 2.27. The lowest BCUT2D eigenvalue weighted by molar-refractivity contribution is 0.209. The Kier molecular flexibility index (Phi) is 7.57. The van der Waals surface area contributed by atoms with Crippen molar-refractivity contribution in [1.82, 2.24) is 10.2 Å². The van der Waals surface area contributed by atoms with Crippen LogP contribution in [0.5, 0.6) is 0 Å². The Labute approximate surface area is 186 Å². The summed E-state index contributed by atoms with van der Waals surface area (Å²) in [6.45, 7) is 8.22. The van der Waals surface area contributed by atoms with Gasteiger partial charge in [-0.15, -0.1) is 0 Å². The number of nitrogens with zero attached hydrogens (tertiary/aromatic N) is 1. The highest BCUT2D eigenvalue weighted by molar-refractivity contribution is 7.96. The molecule has 8 heteroatoms. The summed E-state index contributed by atoms with van der Waals surface area (Å²) in [6.07, 6.45) is 0. The fourth-order valence-electron chi connectivity index (χ4n) is 4.27. The summed E-state index contributed by atoms with van der Waals surface area (Å²) in [5.41, 5.74) is 2.08. The molecule has 170 valence electrons. The van der Waals surface area contributed by atoms with Gasteiger partial charge in [-0.25, -0.2) is 16.8 Å². The van der Waals surface area contributed by atoms with Crippen LogP contribution in [0, 0.1) is 6.92 Å². The maximum absolute atomic E-state index is 13.3. The lowest BCUT2D eigenvalue weighted by Crippen LogP contribution is -2.47. The molecular formula is C23H32N2O4S2. The number of aryl methyl sites for hydroxylation is 1. The minimum absolute atomic E-state index is 0.0298. The van der Waals surface area contributed by atoms with E-state index in [4.69, 9.17) is 0 Å². The van der Waals surface area contributed by atoms with Gasteiger partial charge in [0, 0.05) is 18.6 Å². The number of likely N-dealkylation sites (N-methyl/N-ethyl adjacent to an activating group) is 1. The third-order valence-corrected chi connectivity index (χ3v) is 10.2. The molecular weight excluding hydrogens is 432 g/mol. The Morgan fingerprint density at radius 3 is 2.19 bits per heavy atom. The predicted octanol–water partition coefficient (Wildman–Crippen LogP) is 2.61. The van der Waals surface area contributed by atoms with Gasteiger partial charge in [-0.2, -0.15) is 0 Å². The van der Waals surface area contributed by atoms with Gasteiger partial charge in [0.15, 0.2) is 19.7 Å². The zero-order valence-electron chi connectivity index (χ0n) is 18.4. The molecule has 1 unspecified atom stereocenters. The molecule has 2 aromatic carbocycles. The molecule has 1 fully saturated rings. The summed E-state index contributed by atoms with van der Waals surface area (Å²) in [5, 5.41) is 2.33. The van der Waals surface area contributed by atoms with Crippen molar-refractivity contribution < 1.29 is 16.8 Å². The molecule has 0 amide bonds. The van der Waals surface area contributed by atoms with Gasteiger partial charge in [-0.05, 0) is 37.7 Å². The van der Waals surface area contributed by atoms with E-state index in [1.807, 2.05) is 25.1 Å². The molecule has 1 N–H and O–H groups in total. The molecule has 1 saturated heterocycles. The van der Waals surface area contributed by atoms with Crippen LogP contribution in [-0.4, -0.2) is 64.2 Å². The fraction of sp³-hybridized carbons (Fsp3) is 0.478. The summed E-state index contributed by atoms with van der Waals surface area (Å²) in [7, 11) is -7.22. The van der Waals surface area contributed by atoms with Crippen molar-refractivity contribution in [3.8, 4) is 0 Å². The molecule has 1 aliphatic heterocycles. The number of sulfone groups is 2. The van der Waals surface area contributed by atoms with E-state index < -0.39 is 31.0 Å². The molecule has 0 radical (unpaired) electrons. The fourth-order valence-corrected chi connectivity index (χ4v) is 8.99. The minimum Gasteiger partial charge on any atom is -0.310 e. The van der Waals surface area contributed by atoms with E-state index in [0.29, 0.717) is 6.54 Å². The molecule has 3 rings (SSSR count). The van der Waals surface area contributed by atoms with E-state index in [2.05, 4.69) is 36.2 Å². The predicted molar refractivity (Wildman–Crippen MR) is 125 cm³/mol. The van der Waals surface area contributed by atoms with Crippen LogP contribution in [0.25, 0.3) is 0 Å². The summed E-state index contributed by atoms with van der Waals surface area (Å²) in [6, 6.07) is 16.0. The quantitative estimate of drug-likeness (QED) is 0.614. The Morgan fingerprint density at radius 1 is 1.00 bits per heavy atom. The SMILES string of the molecule is CCN(CC)C(CN[C@H]1CS(=O)(=O)C[C@@H]1S(=O)(=O)c1ccc(C)cc1)c1ccccc1. The largest absolute Gasteiger partial charge is 0.310 e. The van der Waals surface area contributed by atoms with Crippen molar-refractivity contribution in [2.45, 2.75) is 43.0 Å². The molecule has 0 bridgehead atoms. The lowest BCUT2D eigenvalue weighted by atomic mass is 10.0. The standard InChI is InChI=1S/C23H32N2O4S2/c1-4-25(5-2)22(19-9-7-6-8-10-19)15-24-21-16-30(26,27)17-23(21)31(28,29)20-13-11-18(3)12-14-20/h6-14,21-24H,4-5,15-17H2,1-3H3/t21-,22?,23-/m0/s1. The second-order valence-corrected chi connectivity index (χ2v) is 12.5. The van der Waals surface area contributed by atoms with Crippen molar-refractivity contribution in [3.05, 3.63) is 65.7 Å². The van der Waals surface area contributed by atoms with Gasteiger partial charge in [0.1, 0.15) is 0 Å². The van der Waals surface area contributed by atoms with Crippen molar-refractivity contribution in [2.75, 3.05) is 31.1 Å². The van der Waals surface area contributed by atoms with E-state index in [1.165, 1.54) is 0 Å². The van der Waals surface area contributed by atoms with Crippen LogP contribution in [0.4, 0.5) is 0 Å². The average molecular weight is 465 g/mol. The smallest absolute Gasteiger partial charge is 0.183 e. The van der Waals surface area contributed by atoms with Crippen molar-refractivity contribution in [2.24, 2.45) is 0 Å². The molecule has 3 atom stereocenters. The van der Waals surface area contributed by atoms with Crippen molar-refractivity contribution in [1.29, 1.82) is 0 Å². The Morgan fingerprint density at radius 2 is 1.61 bits per heavy atom. The number of benzene rings is 2. The lowest BCUT2D eigenvalue weighted by Gasteiger charge is -2.32. The third kappa shape index (κ3) is 5.55. The van der Waals surface area contributed by atoms with Gasteiger partial charge >= 0.3 is 0 Å². The van der Waals surface area contributed by atoms with E-state index in [1.54, 1.807) is 24.3 Å². The molecule has 2 aromatic rings. The highest BCUT2D eigenvalue weighted by atomic mass is 32.2. The van der Waals surface area contributed by atoms with Crippen LogP contribution in [0.3, 0.4) is 0 Å². The maximum Gasteiger partial charge on any atom is 0.183 e. The molecule has 1 aliphatic rings. The molecule has 31 heavy (non-hydrogen) atoms. The maximum atomic E-state index is 13.3. The number of nitrogens with one attached hydrogen (secondary N) is 1. The molecule has 1 heterocycles. The summed E-state index contributed by atoms with van der Waals surface area (Å²) < 4.78 is 51.4. The Hall–Kier alpha value is -1.74. The van der Waals surface area contributed by atoms with Gasteiger partial charge in [-0.3, -0.25) is 4.90 Å². The normalized spacial score (nSPS) is 21.9. The van der Waals surface area contributed by atoms with Gasteiger partial charge in [0.25, 0.3) is 0 Å². The summed E-state index contributed by atoms with van der Waals surface area (Å²) >= 11 is 0. The second-order valence-electron chi connectivity index (χ2n) is 8.14. The average Bonchev–Trinajstić information content (AvgIpc) is 3.07. The second kappa shape index (κ2) is 9.81. The summed E-state index contributed by atoms with van der Waals surface area (Å²) in [5.74, 6) is -0.509. The first kappa shape index (κ1) is 23.9. The van der Waals surface area contributed by atoms with Crippen LogP contribution in [-0.2, 0) is 19.7 Å². The zero-order chi connectivity index (χ0) is 22.6. The highest BCUT2D eigenvalue weighted by Gasteiger charge is 2.45. The van der Waals surface area contributed by atoms with E-state index >= 15 is 0 Å². The van der Waals surface area contributed by atoms with Gasteiger partial charge in [0.2, 0.25) is 0 Å². The third-order valence-electron chi connectivity index (χ3n) is 6.06. The monoisotopic (exact) mass is 464 g/mol. The molecule has 6 nitrogen and oxygen atoms in total. The van der Waals surface area contributed by atoms with E-state index in [0.717, 1.165) is 24.2 Å². The molecule has 0 aromatic heterocycles. The Balaban J connectivity index is 1.86. The topological polar surface area (TPSA) is 83.6 Å². The molecule has 0 spiro atoms. The number of hydrogen-bond acceptors (Lipinski definition) is 6. The van der Waals surface area contributed by atoms with Gasteiger partial charge < -0.3 is 5.32 Å². The van der Waals surface area contributed by atoms with Crippen LogP contribution < -0.4 is 5.32 Å². The first-order chi connectivity index (χ1) is 14.7. The first-order valence-electron chi connectivity index (χ1n) is 10.7. The van der Waals surface area contributed by atoms with Crippen LogP contribution in [0.2, 0.25) is 0 Å².